The Bertz CT molecular complexity index is 514. The van der Waals surface area contributed by atoms with Gasteiger partial charge in [0.15, 0.2) is 0 Å². The van der Waals surface area contributed by atoms with Crippen molar-refractivity contribution < 1.29 is 9.53 Å². The van der Waals surface area contributed by atoms with Gasteiger partial charge in [-0.05, 0) is 56.9 Å². The molecule has 3 heteroatoms. The van der Waals surface area contributed by atoms with E-state index in [4.69, 9.17) is 4.74 Å². The summed E-state index contributed by atoms with van der Waals surface area (Å²) in [7, 11) is 0. The molecule has 1 atom stereocenters. The molecule has 1 aromatic rings. The Balaban J connectivity index is 1.67. The minimum Gasteiger partial charge on any atom is -0.444 e. The van der Waals surface area contributed by atoms with E-state index in [0.717, 1.165) is 19.5 Å². The molecule has 1 saturated carbocycles. The molecule has 2 fully saturated rings. The molecule has 0 N–H and O–H groups in total. The molecule has 0 spiro atoms. The van der Waals surface area contributed by atoms with Crippen LogP contribution < -0.4 is 0 Å². The maximum Gasteiger partial charge on any atom is 0.410 e. The molecule has 21 heavy (non-hydrogen) atoms. The van der Waals surface area contributed by atoms with Crippen molar-refractivity contribution in [3.63, 3.8) is 0 Å². The van der Waals surface area contributed by atoms with Crippen LogP contribution >= 0.6 is 0 Å². The Hall–Kier alpha value is -1.51. The van der Waals surface area contributed by atoms with Crippen LogP contribution in [0.15, 0.2) is 30.3 Å². The largest absolute Gasteiger partial charge is 0.444 e. The number of rotatable bonds is 2. The molecular formula is C18H25NO2. The van der Waals surface area contributed by atoms with Crippen molar-refractivity contribution in [2.24, 2.45) is 5.92 Å². The number of carbonyl (C=O) groups excluding carboxylic acids is 1. The van der Waals surface area contributed by atoms with Gasteiger partial charge in [-0.25, -0.2) is 4.79 Å². The fourth-order valence-corrected chi connectivity index (χ4v) is 3.54. The number of amides is 1. The summed E-state index contributed by atoms with van der Waals surface area (Å²) in [6.45, 7) is 7.43. The van der Waals surface area contributed by atoms with E-state index < -0.39 is 5.60 Å². The van der Waals surface area contributed by atoms with E-state index in [9.17, 15) is 4.79 Å². The van der Waals surface area contributed by atoms with Crippen molar-refractivity contribution in [3.05, 3.63) is 35.9 Å². The predicted octanol–water partition coefficient (Wildman–Crippen LogP) is 3.98. The number of ether oxygens (including phenoxy) is 1. The first-order chi connectivity index (χ1) is 9.91. The smallest absolute Gasteiger partial charge is 0.410 e. The van der Waals surface area contributed by atoms with Crippen LogP contribution in [0.5, 0.6) is 0 Å². The van der Waals surface area contributed by atoms with Crippen molar-refractivity contribution >= 4 is 6.09 Å². The highest BCUT2D eigenvalue weighted by Gasteiger charge is 2.52. The van der Waals surface area contributed by atoms with Gasteiger partial charge in [0, 0.05) is 13.1 Å². The summed E-state index contributed by atoms with van der Waals surface area (Å²) < 4.78 is 5.50. The minimum absolute atomic E-state index is 0.158. The third-order valence-corrected chi connectivity index (χ3v) is 4.76. The number of hydrogen-bond donors (Lipinski definition) is 0. The highest BCUT2D eigenvalue weighted by Crippen LogP contribution is 2.56. The summed E-state index contributed by atoms with van der Waals surface area (Å²) in [5.41, 5.74) is 1.35. The topological polar surface area (TPSA) is 29.5 Å². The van der Waals surface area contributed by atoms with E-state index in [2.05, 4.69) is 30.3 Å². The molecule has 3 rings (SSSR count). The average Bonchev–Trinajstić information content (AvgIpc) is 3.08. The lowest BCUT2D eigenvalue weighted by molar-refractivity contribution is 0.0285. The van der Waals surface area contributed by atoms with Gasteiger partial charge >= 0.3 is 6.09 Å². The second-order valence-corrected chi connectivity index (χ2v) is 7.43. The molecule has 1 aromatic carbocycles. The quantitative estimate of drug-likeness (QED) is 0.823. The molecule has 1 aliphatic carbocycles. The summed E-state index contributed by atoms with van der Waals surface area (Å²) in [4.78, 5) is 14.1. The lowest BCUT2D eigenvalue weighted by Gasteiger charge is -2.26. The zero-order valence-electron chi connectivity index (χ0n) is 13.3. The molecule has 2 aliphatic rings. The van der Waals surface area contributed by atoms with Gasteiger partial charge in [0.1, 0.15) is 5.60 Å². The fraction of sp³-hybridized carbons (Fsp3) is 0.611. The second-order valence-electron chi connectivity index (χ2n) is 7.43. The van der Waals surface area contributed by atoms with Gasteiger partial charge < -0.3 is 9.64 Å². The molecule has 1 amide bonds. The van der Waals surface area contributed by atoms with Crippen LogP contribution in [0.4, 0.5) is 4.79 Å². The van der Waals surface area contributed by atoms with Crippen molar-refractivity contribution in [2.45, 2.75) is 51.0 Å². The van der Waals surface area contributed by atoms with Crippen LogP contribution in [-0.2, 0) is 10.2 Å². The first-order valence-corrected chi connectivity index (χ1v) is 7.94. The Morgan fingerprint density at radius 1 is 1.24 bits per heavy atom. The van der Waals surface area contributed by atoms with Crippen LogP contribution in [0.1, 0.15) is 45.6 Å². The zero-order valence-corrected chi connectivity index (χ0v) is 13.3. The number of carbonyl (C=O) groups is 1. The average molecular weight is 287 g/mol. The van der Waals surface area contributed by atoms with E-state index in [-0.39, 0.29) is 6.09 Å². The normalized spacial score (nSPS) is 24.0. The van der Waals surface area contributed by atoms with Crippen LogP contribution in [0.2, 0.25) is 0 Å². The third-order valence-electron chi connectivity index (χ3n) is 4.76. The molecule has 1 aliphatic heterocycles. The molecule has 3 nitrogen and oxygen atoms in total. The maximum absolute atomic E-state index is 12.2. The number of nitrogens with zero attached hydrogens (tertiary/aromatic N) is 1. The highest BCUT2D eigenvalue weighted by molar-refractivity contribution is 5.68. The molecule has 1 saturated heterocycles. The SMILES string of the molecule is CC(C)(C)OC(=O)N1CCC(C2(c3ccccc3)CC2)C1. The Morgan fingerprint density at radius 2 is 1.90 bits per heavy atom. The van der Waals surface area contributed by atoms with Crippen LogP contribution in [-0.4, -0.2) is 29.7 Å². The first kappa shape index (κ1) is 14.4. The van der Waals surface area contributed by atoms with Gasteiger partial charge in [0.25, 0.3) is 0 Å². The van der Waals surface area contributed by atoms with Crippen molar-refractivity contribution in [1.29, 1.82) is 0 Å². The van der Waals surface area contributed by atoms with Crippen LogP contribution in [0.25, 0.3) is 0 Å². The lowest BCUT2D eigenvalue weighted by atomic mass is 9.82. The Kier molecular flexibility index (Phi) is 3.46. The van der Waals surface area contributed by atoms with E-state index in [1.807, 2.05) is 25.7 Å². The summed E-state index contributed by atoms with van der Waals surface area (Å²) in [5.74, 6) is 0.576. The molecule has 0 bridgehead atoms. The first-order valence-electron chi connectivity index (χ1n) is 7.94. The predicted molar refractivity (Wildman–Crippen MR) is 83.3 cm³/mol. The van der Waals surface area contributed by atoms with Crippen LogP contribution in [0.3, 0.4) is 0 Å². The van der Waals surface area contributed by atoms with E-state index in [1.165, 1.54) is 18.4 Å². The number of likely N-dealkylation sites (tertiary alicyclic amines) is 1. The summed E-state index contributed by atoms with van der Waals surface area (Å²) >= 11 is 0. The molecule has 114 valence electrons. The zero-order chi connectivity index (χ0) is 15.1. The van der Waals surface area contributed by atoms with Crippen molar-refractivity contribution in [2.75, 3.05) is 13.1 Å². The molecular weight excluding hydrogens is 262 g/mol. The van der Waals surface area contributed by atoms with Gasteiger partial charge in [-0.2, -0.15) is 0 Å². The van der Waals surface area contributed by atoms with E-state index in [0.29, 0.717) is 11.3 Å². The highest BCUT2D eigenvalue weighted by atomic mass is 16.6. The summed E-state index contributed by atoms with van der Waals surface area (Å²) in [6, 6.07) is 10.8. The van der Waals surface area contributed by atoms with Gasteiger partial charge in [-0.3, -0.25) is 0 Å². The second kappa shape index (κ2) is 5.04. The standard InChI is InChI=1S/C18H25NO2/c1-17(2,3)21-16(20)19-12-9-15(13-19)18(10-11-18)14-7-5-4-6-8-14/h4-8,15H,9-13H2,1-3H3. The van der Waals surface area contributed by atoms with Gasteiger partial charge in [-0.15, -0.1) is 0 Å². The van der Waals surface area contributed by atoms with Gasteiger partial charge in [0.2, 0.25) is 0 Å². The maximum atomic E-state index is 12.2. The lowest BCUT2D eigenvalue weighted by Crippen LogP contribution is -2.36. The summed E-state index contributed by atoms with van der Waals surface area (Å²) in [5, 5.41) is 0. The van der Waals surface area contributed by atoms with Crippen LogP contribution in [0, 0.1) is 5.92 Å². The van der Waals surface area contributed by atoms with Gasteiger partial charge in [0.05, 0.1) is 0 Å². The molecule has 1 unspecified atom stereocenters. The van der Waals surface area contributed by atoms with E-state index in [1.54, 1.807) is 0 Å². The minimum atomic E-state index is -0.411. The fourth-order valence-electron chi connectivity index (χ4n) is 3.54. The van der Waals surface area contributed by atoms with Gasteiger partial charge in [-0.1, -0.05) is 30.3 Å². The Morgan fingerprint density at radius 3 is 2.48 bits per heavy atom. The molecule has 0 aromatic heterocycles. The number of hydrogen-bond acceptors (Lipinski definition) is 2. The Labute approximate surface area is 127 Å². The van der Waals surface area contributed by atoms with E-state index >= 15 is 0 Å². The third kappa shape index (κ3) is 2.92. The van der Waals surface area contributed by atoms with Crippen molar-refractivity contribution in [1.82, 2.24) is 4.90 Å². The summed E-state index contributed by atoms with van der Waals surface area (Å²) in [6.07, 6.45) is 3.44. The number of benzene rings is 1. The molecule has 0 radical (unpaired) electrons. The molecule has 1 heterocycles. The monoisotopic (exact) mass is 287 g/mol. The van der Waals surface area contributed by atoms with Crippen molar-refractivity contribution in [3.8, 4) is 0 Å².